The maximum Gasteiger partial charge on any atom is 0.335 e. The van der Waals surface area contributed by atoms with Crippen molar-refractivity contribution in [2.75, 3.05) is 0 Å². The molecule has 5 nitrogen and oxygen atoms in total. The van der Waals surface area contributed by atoms with Crippen molar-refractivity contribution in [3.8, 4) is 0 Å². The summed E-state index contributed by atoms with van der Waals surface area (Å²) in [6.07, 6.45) is 1.89. The number of fused-ring (bicyclic) bond motifs is 1. The molecule has 0 saturated carbocycles. The molecule has 0 saturated heterocycles. The van der Waals surface area contributed by atoms with E-state index < -0.39 is 11.9 Å². The van der Waals surface area contributed by atoms with E-state index in [1.165, 1.54) is 0 Å². The molecular weight excluding hydrogens is 282 g/mol. The van der Waals surface area contributed by atoms with Gasteiger partial charge in [-0.1, -0.05) is 12.1 Å². The summed E-state index contributed by atoms with van der Waals surface area (Å²) in [5.41, 5.74) is 2.43. The third kappa shape index (κ3) is 2.56. The van der Waals surface area contributed by atoms with E-state index in [1.807, 2.05) is 16.8 Å². The Morgan fingerprint density at radius 2 is 1.50 bits per heavy atom. The van der Waals surface area contributed by atoms with Crippen molar-refractivity contribution in [3.05, 3.63) is 71.4 Å². The third-order valence-electron chi connectivity index (χ3n) is 3.57. The Hall–Kier alpha value is -3.08. The van der Waals surface area contributed by atoms with Gasteiger partial charge in [0.2, 0.25) is 0 Å². The van der Waals surface area contributed by atoms with Gasteiger partial charge in [0, 0.05) is 23.6 Å². The summed E-state index contributed by atoms with van der Waals surface area (Å²) >= 11 is 0. The van der Waals surface area contributed by atoms with Crippen molar-refractivity contribution >= 4 is 22.8 Å². The molecule has 1 aromatic heterocycles. The molecule has 2 aromatic carbocycles. The molecule has 0 unspecified atom stereocenters. The van der Waals surface area contributed by atoms with Crippen LogP contribution >= 0.6 is 0 Å². The van der Waals surface area contributed by atoms with E-state index in [-0.39, 0.29) is 11.1 Å². The Morgan fingerprint density at radius 3 is 2.14 bits per heavy atom. The number of hydrogen-bond donors (Lipinski definition) is 2. The second-order valence-corrected chi connectivity index (χ2v) is 5.02. The van der Waals surface area contributed by atoms with Gasteiger partial charge >= 0.3 is 11.9 Å². The average Bonchev–Trinajstić information content (AvgIpc) is 2.90. The first-order valence-corrected chi connectivity index (χ1v) is 6.69. The molecule has 3 aromatic rings. The molecule has 22 heavy (non-hydrogen) atoms. The van der Waals surface area contributed by atoms with E-state index in [1.54, 1.807) is 42.5 Å². The molecule has 0 aliphatic heterocycles. The van der Waals surface area contributed by atoms with Crippen LogP contribution in [0.2, 0.25) is 0 Å². The number of aromatic nitrogens is 1. The van der Waals surface area contributed by atoms with Gasteiger partial charge in [-0.15, -0.1) is 0 Å². The van der Waals surface area contributed by atoms with Gasteiger partial charge < -0.3 is 14.8 Å². The highest BCUT2D eigenvalue weighted by Gasteiger charge is 2.07. The quantitative estimate of drug-likeness (QED) is 0.775. The summed E-state index contributed by atoms with van der Waals surface area (Å²) in [4.78, 5) is 21.8. The van der Waals surface area contributed by atoms with Crippen molar-refractivity contribution in [2.45, 2.75) is 6.54 Å². The zero-order valence-corrected chi connectivity index (χ0v) is 11.6. The molecule has 0 radical (unpaired) electrons. The van der Waals surface area contributed by atoms with Crippen molar-refractivity contribution in [2.24, 2.45) is 0 Å². The first-order chi connectivity index (χ1) is 10.5. The minimum Gasteiger partial charge on any atom is -0.478 e. The topological polar surface area (TPSA) is 79.5 Å². The number of aromatic carboxylic acids is 2. The molecule has 5 heteroatoms. The number of hydrogen-bond acceptors (Lipinski definition) is 2. The molecule has 1 heterocycles. The Balaban J connectivity index is 1.90. The van der Waals surface area contributed by atoms with Crippen molar-refractivity contribution in [1.82, 2.24) is 4.57 Å². The molecule has 110 valence electrons. The highest BCUT2D eigenvalue weighted by Crippen LogP contribution is 2.19. The first-order valence-electron chi connectivity index (χ1n) is 6.69. The van der Waals surface area contributed by atoms with E-state index >= 15 is 0 Å². The Bertz CT molecular complexity index is 862. The predicted octanol–water partition coefficient (Wildman–Crippen LogP) is 3.09. The predicted molar refractivity (Wildman–Crippen MR) is 81.4 cm³/mol. The number of carboxylic acids is 2. The molecule has 0 spiro atoms. The fourth-order valence-corrected chi connectivity index (χ4v) is 2.42. The molecule has 0 amide bonds. The van der Waals surface area contributed by atoms with Gasteiger partial charge in [0.25, 0.3) is 0 Å². The van der Waals surface area contributed by atoms with Crippen LogP contribution in [0.4, 0.5) is 0 Å². The van der Waals surface area contributed by atoms with Crippen LogP contribution in [0.5, 0.6) is 0 Å². The van der Waals surface area contributed by atoms with Crippen LogP contribution < -0.4 is 0 Å². The number of carbonyl (C=O) groups is 2. The van der Waals surface area contributed by atoms with Crippen LogP contribution in [-0.4, -0.2) is 26.7 Å². The Labute approximate surface area is 126 Å². The van der Waals surface area contributed by atoms with E-state index in [0.29, 0.717) is 6.54 Å². The van der Waals surface area contributed by atoms with Crippen LogP contribution in [-0.2, 0) is 6.54 Å². The van der Waals surface area contributed by atoms with E-state index in [4.69, 9.17) is 10.2 Å². The van der Waals surface area contributed by atoms with Gasteiger partial charge in [0.05, 0.1) is 11.1 Å². The zero-order valence-electron chi connectivity index (χ0n) is 11.6. The van der Waals surface area contributed by atoms with Crippen molar-refractivity contribution in [3.63, 3.8) is 0 Å². The van der Waals surface area contributed by atoms with E-state index in [9.17, 15) is 9.59 Å². The summed E-state index contributed by atoms with van der Waals surface area (Å²) in [6.45, 7) is 0.593. The first kappa shape index (κ1) is 13.9. The monoisotopic (exact) mass is 295 g/mol. The minimum absolute atomic E-state index is 0.257. The summed E-state index contributed by atoms with van der Waals surface area (Å²) in [5.74, 6) is -1.89. The lowest BCUT2D eigenvalue weighted by Crippen LogP contribution is -2.00. The second kappa shape index (κ2) is 5.37. The summed E-state index contributed by atoms with van der Waals surface area (Å²) in [5, 5.41) is 18.8. The lowest BCUT2D eigenvalue weighted by atomic mass is 10.1. The van der Waals surface area contributed by atoms with E-state index in [0.717, 1.165) is 16.5 Å². The number of benzene rings is 2. The lowest BCUT2D eigenvalue weighted by Gasteiger charge is -2.06. The maximum absolute atomic E-state index is 11.0. The highest BCUT2D eigenvalue weighted by molar-refractivity contribution is 5.93. The molecule has 0 atom stereocenters. The molecule has 0 aliphatic carbocycles. The van der Waals surface area contributed by atoms with Crippen LogP contribution in [0.25, 0.3) is 10.9 Å². The Kier molecular flexibility index (Phi) is 3.39. The largest absolute Gasteiger partial charge is 0.478 e. The third-order valence-corrected chi connectivity index (χ3v) is 3.57. The summed E-state index contributed by atoms with van der Waals surface area (Å²) in [7, 11) is 0. The molecule has 0 fully saturated rings. The smallest absolute Gasteiger partial charge is 0.335 e. The number of carboxylic acid groups (broad SMARTS) is 2. The van der Waals surface area contributed by atoms with Gasteiger partial charge in [-0.3, -0.25) is 0 Å². The average molecular weight is 295 g/mol. The second-order valence-electron chi connectivity index (χ2n) is 5.02. The van der Waals surface area contributed by atoms with Crippen LogP contribution in [0.3, 0.4) is 0 Å². The van der Waals surface area contributed by atoms with Gasteiger partial charge in [0.1, 0.15) is 0 Å². The summed E-state index contributed by atoms with van der Waals surface area (Å²) in [6, 6.07) is 13.6. The molecular formula is C17H13NO4. The maximum atomic E-state index is 11.0. The fraction of sp³-hybridized carbons (Fsp3) is 0.0588. The molecule has 0 aliphatic rings. The summed E-state index contributed by atoms with van der Waals surface area (Å²) < 4.78 is 2.00. The van der Waals surface area contributed by atoms with Crippen LogP contribution in [0, 0.1) is 0 Å². The lowest BCUT2D eigenvalue weighted by molar-refractivity contribution is 0.0686. The van der Waals surface area contributed by atoms with Gasteiger partial charge in [-0.25, -0.2) is 9.59 Å². The molecule has 0 bridgehead atoms. The zero-order chi connectivity index (χ0) is 15.7. The molecule has 2 N–H and O–H groups in total. The number of rotatable bonds is 4. The van der Waals surface area contributed by atoms with Crippen molar-refractivity contribution in [1.29, 1.82) is 0 Å². The van der Waals surface area contributed by atoms with E-state index in [2.05, 4.69) is 0 Å². The standard InChI is InChI=1S/C17H13NO4/c19-16(20)12-3-1-11(2-4-12)10-18-8-7-13-9-14(17(21)22)5-6-15(13)18/h1-9H,10H2,(H,19,20)(H,21,22). The van der Waals surface area contributed by atoms with Gasteiger partial charge in [-0.05, 0) is 42.0 Å². The van der Waals surface area contributed by atoms with Gasteiger partial charge in [0.15, 0.2) is 0 Å². The fourth-order valence-electron chi connectivity index (χ4n) is 2.42. The normalized spacial score (nSPS) is 10.7. The van der Waals surface area contributed by atoms with Crippen LogP contribution in [0.1, 0.15) is 26.3 Å². The van der Waals surface area contributed by atoms with Crippen molar-refractivity contribution < 1.29 is 19.8 Å². The molecule has 3 rings (SSSR count). The SMILES string of the molecule is O=C(O)c1ccc(Cn2ccc3cc(C(=O)O)ccc32)cc1. The Morgan fingerprint density at radius 1 is 0.864 bits per heavy atom. The van der Waals surface area contributed by atoms with Gasteiger partial charge in [-0.2, -0.15) is 0 Å². The van der Waals surface area contributed by atoms with Crippen LogP contribution in [0.15, 0.2) is 54.7 Å². The minimum atomic E-state index is -0.945. The number of nitrogens with zero attached hydrogens (tertiary/aromatic N) is 1. The highest BCUT2D eigenvalue weighted by atomic mass is 16.4.